The number of carbonyl (C=O) groups is 2. The number of aromatic nitrogens is 2. The number of carbonyl (C=O) groups excluding carboxylic acids is 1. The molecule has 0 spiro atoms. The summed E-state index contributed by atoms with van der Waals surface area (Å²) in [6.45, 7) is 0.710. The summed E-state index contributed by atoms with van der Waals surface area (Å²) in [4.78, 5) is 32.8. The molecule has 0 bridgehead atoms. The minimum absolute atomic E-state index is 0.0712. The molecule has 1 aromatic carbocycles. The van der Waals surface area contributed by atoms with Crippen LogP contribution >= 0.6 is 0 Å². The summed E-state index contributed by atoms with van der Waals surface area (Å²) in [6, 6.07) is 8.46. The van der Waals surface area contributed by atoms with E-state index in [4.69, 9.17) is 9.52 Å². The molecule has 7 nitrogen and oxygen atoms in total. The minimum Gasteiger partial charge on any atom is -0.477 e. The van der Waals surface area contributed by atoms with E-state index in [-0.39, 0.29) is 11.6 Å². The first-order valence-corrected chi connectivity index (χ1v) is 7.52. The zero-order valence-electron chi connectivity index (χ0n) is 12.6. The van der Waals surface area contributed by atoms with Gasteiger partial charge in [0.2, 0.25) is 11.8 Å². The van der Waals surface area contributed by atoms with Crippen LogP contribution in [0.3, 0.4) is 0 Å². The van der Waals surface area contributed by atoms with Crippen LogP contribution in [0, 0.1) is 0 Å². The molecule has 1 saturated heterocycles. The number of anilines is 1. The highest BCUT2D eigenvalue weighted by Gasteiger charge is 2.22. The Morgan fingerprint density at radius 1 is 1.25 bits per heavy atom. The van der Waals surface area contributed by atoms with E-state index in [1.807, 2.05) is 12.1 Å². The number of amides is 1. The minimum atomic E-state index is -1.11. The highest BCUT2D eigenvalue weighted by atomic mass is 16.4. The van der Waals surface area contributed by atoms with Crippen LogP contribution in [0.5, 0.6) is 0 Å². The van der Waals surface area contributed by atoms with Crippen LogP contribution in [0.2, 0.25) is 0 Å². The number of carboxylic acids is 1. The third-order valence-corrected chi connectivity index (χ3v) is 3.98. The van der Waals surface area contributed by atoms with Crippen LogP contribution in [0.15, 0.2) is 40.9 Å². The summed E-state index contributed by atoms with van der Waals surface area (Å²) in [5.41, 5.74) is 2.46. The third kappa shape index (κ3) is 2.40. The van der Waals surface area contributed by atoms with Gasteiger partial charge >= 0.3 is 5.97 Å². The van der Waals surface area contributed by atoms with Crippen molar-refractivity contribution in [3.8, 4) is 11.5 Å². The second kappa shape index (κ2) is 5.45. The highest BCUT2D eigenvalue weighted by molar-refractivity contribution is 5.97. The van der Waals surface area contributed by atoms with Gasteiger partial charge in [0.15, 0.2) is 5.58 Å². The largest absolute Gasteiger partial charge is 0.477 e. The number of nitrogens with zero attached hydrogens (tertiary/aromatic N) is 3. The third-order valence-electron chi connectivity index (χ3n) is 3.98. The molecule has 0 aliphatic carbocycles. The molecule has 0 radical (unpaired) electrons. The van der Waals surface area contributed by atoms with E-state index in [0.29, 0.717) is 35.5 Å². The molecule has 1 fully saturated rings. The summed E-state index contributed by atoms with van der Waals surface area (Å²) in [5, 5.41) is 9.03. The number of aromatic carboxylic acids is 1. The SMILES string of the molecule is O=C(O)c1cc(-c2nc3cc(N4CCCC4=O)ccc3o2)ccn1. The van der Waals surface area contributed by atoms with E-state index >= 15 is 0 Å². The predicted molar refractivity (Wildman–Crippen MR) is 85.8 cm³/mol. The Hall–Kier alpha value is -3.22. The Labute approximate surface area is 136 Å². The molecule has 7 heteroatoms. The van der Waals surface area contributed by atoms with Crippen LogP contribution in [0.25, 0.3) is 22.6 Å². The molecule has 1 N–H and O–H groups in total. The molecule has 3 aromatic rings. The lowest BCUT2D eigenvalue weighted by Crippen LogP contribution is -2.23. The monoisotopic (exact) mass is 323 g/mol. The standard InChI is InChI=1S/C17H13N3O4/c21-15-2-1-7-20(15)11-3-4-14-12(9-11)19-16(24-14)10-5-6-18-13(8-10)17(22)23/h3-6,8-9H,1-2,7H2,(H,22,23). The van der Waals surface area contributed by atoms with Gasteiger partial charge < -0.3 is 14.4 Å². The van der Waals surface area contributed by atoms with Gasteiger partial charge in [-0.25, -0.2) is 14.8 Å². The van der Waals surface area contributed by atoms with Gasteiger partial charge in [-0.05, 0) is 36.8 Å². The molecule has 1 amide bonds. The summed E-state index contributed by atoms with van der Waals surface area (Å²) in [7, 11) is 0. The fraction of sp³-hybridized carbons (Fsp3) is 0.176. The predicted octanol–water partition coefficient (Wildman–Crippen LogP) is 2.71. The van der Waals surface area contributed by atoms with E-state index in [9.17, 15) is 9.59 Å². The van der Waals surface area contributed by atoms with Crippen molar-refractivity contribution in [2.45, 2.75) is 12.8 Å². The highest BCUT2D eigenvalue weighted by Crippen LogP contribution is 2.29. The molecular weight excluding hydrogens is 310 g/mol. The van der Waals surface area contributed by atoms with Gasteiger partial charge in [-0.3, -0.25) is 4.79 Å². The molecule has 1 aliphatic rings. The van der Waals surface area contributed by atoms with Crippen molar-refractivity contribution < 1.29 is 19.1 Å². The van der Waals surface area contributed by atoms with Gasteiger partial charge in [-0.2, -0.15) is 0 Å². The quantitative estimate of drug-likeness (QED) is 0.796. The van der Waals surface area contributed by atoms with Crippen molar-refractivity contribution in [1.29, 1.82) is 0 Å². The average Bonchev–Trinajstić information content (AvgIpc) is 3.20. The van der Waals surface area contributed by atoms with Crippen LogP contribution in [-0.4, -0.2) is 33.5 Å². The summed E-state index contributed by atoms with van der Waals surface area (Å²) in [6.07, 6.45) is 2.83. The molecule has 0 unspecified atom stereocenters. The van der Waals surface area contributed by atoms with Gasteiger partial charge in [0, 0.05) is 30.4 Å². The Morgan fingerprint density at radius 3 is 2.88 bits per heavy atom. The van der Waals surface area contributed by atoms with Crippen LogP contribution in [-0.2, 0) is 4.79 Å². The number of oxazole rings is 1. The van der Waals surface area contributed by atoms with Gasteiger partial charge in [0.25, 0.3) is 0 Å². The molecule has 1 aliphatic heterocycles. The summed E-state index contributed by atoms with van der Waals surface area (Å²) >= 11 is 0. The van der Waals surface area contributed by atoms with Crippen LogP contribution in [0.1, 0.15) is 23.3 Å². The molecule has 2 aromatic heterocycles. The fourth-order valence-corrected chi connectivity index (χ4v) is 2.81. The maximum absolute atomic E-state index is 11.9. The van der Waals surface area contributed by atoms with Crippen molar-refractivity contribution in [3.63, 3.8) is 0 Å². The smallest absolute Gasteiger partial charge is 0.354 e. The Bertz CT molecular complexity index is 963. The van der Waals surface area contributed by atoms with Crippen molar-refractivity contribution in [2.24, 2.45) is 0 Å². The van der Waals surface area contributed by atoms with Crippen LogP contribution in [0.4, 0.5) is 5.69 Å². The number of hydrogen-bond donors (Lipinski definition) is 1. The zero-order chi connectivity index (χ0) is 16.7. The summed E-state index contributed by atoms with van der Waals surface area (Å²) < 4.78 is 5.70. The lowest BCUT2D eigenvalue weighted by molar-refractivity contribution is -0.117. The molecule has 3 heterocycles. The Kier molecular flexibility index (Phi) is 3.26. The molecule has 0 atom stereocenters. The number of hydrogen-bond acceptors (Lipinski definition) is 5. The number of pyridine rings is 1. The first kappa shape index (κ1) is 14.4. The van der Waals surface area contributed by atoms with E-state index in [1.54, 1.807) is 17.0 Å². The van der Waals surface area contributed by atoms with E-state index in [2.05, 4.69) is 9.97 Å². The maximum Gasteiger partial charge on any atom is 0.354 e. The van der Waals surface area contributed by atoms with Crippen molar-refractivity contribution in [3.05, 3.63) is 42.2 Å². The molecule has 120 valence electrons. The van der Waals surface area contributed by atoms with Crippen molar-refractivity contribution >= 4 is 28.7 Å². The first-order valence-electron chi connectivity index (χ1n) is 7.52. The van der Waals surface area contributed by atoms with Gasteiger partial charge in [0.1, 0.15) is 11.2 Å². The number of fused-ring (bicyclic) bond motifs is 1. The summed E-state index contributed by atoms with van der Waals surface area (Å²) in [5.74, 6) is -0.680. The van der Waals surface area contributed by atoms with Crippen molar-refractivity contribution in [1.82, 2.24) is 9.97 Å². The first-order chi connectivity index (χ1) is 11.6. The Morgan fingerprint density at radius 2 is 2.12 bits per heavy atom. The average molecular weight is 323 g/mol. The van der Waals surface area contributed by atoms with Crippen LogP contribution < -0.4 is 4.90 Å². The molecule has 24 heavy (non-hydrogen) atoms. The number of benzene rings is 1. The Balaban J connectivity index is 1.74. The normalized spacial score (nSPS) is 14.5. The molecule has 0 saturated carbocycles. The van der Waals surface area contributed by atoms with E-state index < -0.39 is 5.97 Å². The van der Waals surface area contributed by atoms with E-state index in [1.165, 1.54) is 12.3 Å². The lowest BCUT2D eigenvalue weighted by Gasteiger charge is -2.14. The molecular formula is C17H13N3O4. The fourth-order valence-electron chi connectivity index (χ4n) is 2.81. The van der Waals surface area contributed by atoms with Gasteiger partial charge in [-0.1, -0.05) is 0 Å². The second-order valence-corrected chi connectivity index (χ2v) is 5.55. The number of carboxylic acid groups (broad SMARTS) is 1. The maximum atomic E-state index is 11.9. The number of rotatable bonds is 3. The second-order valence-electron chi connectivity index (χ2n) is 5.55. The van der Waals surface area contributed by atoms with E-state index in [0.717, 1.165) is 12.1 Å². The lowest BCUT2D eigenvalue weighted by atomic mass is 10.2. The van der Waals surface area contributed by atoms with Gasteiger partial charge in [-0.15, -0.1) is 0 Å². The molecule has 4 rings (SSSR count). The zero-order valence-corrected chi connectivity index (χ0v) is 12.6. The van der Waals surface area contributed by atoms with Crippen molar-refractivity contribution in [2.75, 3.05) is 11.4 Å². The topological polar surface area (TPSA) is 96.5 Å². The van der Waals surface area contributed by atoms with Gasteiger partial charge in [0.05, 0.1) is 0 Å².